The van der Waals surface area contributed by atoms with Crippen molar-refractivity contribution in [2.75, 3.05) is 17.7 Å². The molecule has 0 saturated carbocycles. The van der Waals surface area contributed by atoms with Gasteiger partial charge in [-0.15, -0.1) is 16.4 Å². The third-order valence-electron chi connectivity index (χ3n) is 6.59. The first-order chi connectivity index (χ1) is 23.9. The second-order valence-corrected chi connectivity index (χ2v) is 15.9. The predicted octanol–water partition coefficient (Wildman–Crippen LogP) is -2.79. The van der Waals surface area contributed by atoms with Crippen molar-refractivity contribution in [3.8, 4) is 17.3 Å². The van der Waals surface area contributed by atoms with Crippen LogP contribution in [0.25, 0.3) is 11.5 Å². The number of H-pyrrole nitrogens is 1. The lowest BCUT2D eigenvalue weighted by Gasteiger charge is -2.23. The molecule has 0 saturated heterocycles. The minimum atomic E-state index is -5.25. The van der Waals surface area contributed by atoms with E-state index in [1.54, 1.807) is 0 Å². The normalized spacial score (nSPS) is 13.5. The highest BCUT2D eigenvalue weighted by atomic mass is 32.2. The molecular weight excluding hydrogens is 761 g/mol. The number of hydrogen-bond donors (Lipinski definition) is 8. The molecule has 3 amide bonds. The van der Waals surface area contributed by atoms with Gasteiger partial charge in [-0.05, 0) is 27.2 Å². The smallest absolute Gasteiger partial charge is 0.362 e. The SMILES string of the molecule is C[C@H](NC(=O)NS(=O)(=O)n1nc(-c2cc(=O)c(O)c[nH]2)n(CCCS(C)(=O)=O)c1=O)[C@H](NC(=O)/C(=N\OC(C)(C)C(=O)O)c1csc(N)n1)C(=O)O. The first-order valence-electron chi connectivity index (χ1n) is 14.3. The van der Waals surface area contributed by atoms with Crippen molar-refractivity contribution in [1.82, 2.24) is 39.1 Å². The lowest BCUT2D eigenvalue weighted by Crippen LogP contribution is -2.58. The number of hydrogen-bond acceptors (Lipinski definition) is 17. The van der Waals surface area contributed by atoms with Crippen LogP contribution in [0.3, 0.4) is 0 Å². The van der Waals surface area contributed by atoms with Crippen LogP contribution in [0.15, 0.2) is 32.4 Å². The number of amides is 3. The number of carbonyl (C=O) groups is 4. The third kappa shape index (κ3) is 10.1. The van der Waals surface area contributed by atoms with Crippen LogP contribution in [0.4, 0.5) is 9.93 Å². The Hall–Kier alpha value is -5.83. The number of anilines is 1. The Kier molecular flexibility index (Phi) is 12.2. The Morgan fingerprint density at radius 2 is 1.81 bits per heavy atom. The number of carbonyl (C=O) groups excluding carboxylic acids is 2. The van der Waals surface area contributed by atoms with Gasteiger partial charge in [-0.1, -0.05) is 9.24 Å². The average molecular weight is 793 g/mol. The number of nitrogens with one attached hydrogen (secondary N) is 4. The van der Waals surface area contributed by atoms with Crippen molar-refractivity contribution in [2.24, 2.45) is 5.16 Å². The molecule has 0 aliphatic rings. The summed E-state index contributed by atoms with van der Waals surface area (Å²) in [6.07, 6.45) is 1.54. The number of thiazole rings is 1. The lowest BCUT2D eigenvalue weighted by atomic mass is 10.1. The summed E-state index contributed by atoms with van der Waals surface area (Å²) in [7, 11) is -8.77. The maximum absolute atomic E-state index is 13.2. The highest BCUT2D eigenvalue weighted by Gasteiger charge is 2.34. The second kappa shape index (κ2) is 15.6. The molecule has 0 aromatic carbocycles. The maximum atomic E-state index is 13.2. The Labute approximate surface area is 296 Å². The topological polar surface area (TPSA) is 367 Å². The minimum Gasteiger partial charge on any atom is -0.503 e. The first kappa shape index (κ1) is 40.6. The van der Waals surface area contributed by atoms with Gasteiger partial charge in [0, 0.05) is 30.4 Å². The zero-order chi connectivity index (χ0) is 39.3. The summed E-state index contributed by atoms with van der Waals surface area (Å²) in [6.45, 7) is 2.83. The molecular formula is C25H32N10O14S3. The van der Waals surface area contributed by atoms with E-state index in [2.05, 4.69) is 20.2 Å². The van der Waals surface area contributed by atoms with Gasteiger partial charge in [0.05, 0.1) is 17.5 Å². The summed E-state index contributed by atoms with van der Waals surface area (Å²) in [4.78, 5) is 86.0. The van der Waals surface area contributed by atoms with E-state index in [1.807, 2.05) is 10.6 Å². The predicted molar refractivity (Wildman–Crippen MR) is 179 cm³/mol. The van der Waals surface area contributed by atoms with Crippen LogP contribution in [-0.4, -0.2) is 115 Å². The lowest BCUT2D eigenvalue weighted by molar-refractivity contribution is -0.161. The molecule has 0 fully saturated rings. The van der Waals surface area contributed by atoms with Crippen molar-refractivity contribution >= 4 is 66.1 Å². The number of rotatable bonds is 16. The Balaban J connectivity index is 1.87. The van der Waals surface area contributed by atoms with E-state index < -0.39 is 102 Å². The van der Waals surface area contributed by atoms with Crippen LogP contribution >= 0.6 is 11.3 Å². The monoisotopic (exact) mass is 792 g/mol. The highest BCUT2D eigenvalue weighted by molar-refractivity contribution is 7.90. The van der Waals surface area contributed by atoms with E-state index in [9.17, 15) is 60.9 Å². The van der Waals surface area contributed by atoms with Crippen LogP contribution in [0.2, 0.25) is 0 Å². The summed E-state index contributed by atoms with van der Waals surface area (Å²) >= 11 is 0.856. The molecule has 24 nitrogen and oxygen atoms in total. The molecule has 52 heavy (non-hydrogen) atoms. The molecule has 0 aliphatic carbocycles. The fourth-order valence-electron chi connectivity index (χ4n) is 3.90. The number of nitrogens with zero attached hydrogens (tertiary/aromatic N) is 5. The van der Waals surface area contributed by atoms with Gasteiger partial charge in [0.25, 0.3) is 5.91 Å². The van der Waals surface area contributed by atoms with Crippen molar-refractivity contribution in [1.29, 1.82) is 0 Å². The van der Waals surface area contributed by atoms with E-state index in [-0.39, 0.29) is 27.0 Å². The van der Waals surface area contributed by atoms with Gasteiger partial charge < -0.3 is 41.5 Å². The standard InChI is InChI=1S/C25H32N10O14S3/c1-11(16(20(39)40)30-19(38)17(13-10-50-22(26)29-13)32-49-25(2,3)21(41)42)28-23(43)33-52(47,48)35-24(44)34(6-5-7-51(4,45)46)18(31-35)12-8-14(36)15(37)9-27-12/h8-11,16,37H,5-7H2,1-4H3,(H2,26,29)(H,27,36)(H,30,38)(H,39,40)(H,41,42)(H2,28,33,43)/b32-17-/t11-,16-/m0/s1. The van der Waals surface area contributed by atoms with Crippen LogP contribution in [-0.2, 0) is 45.8 Å². The number of aromatic hydroxyl groups is 1. The molecule has 3 aromatic rings. The number of aromatic amines is 1. The van der Waals surface area contributed by atoms with Crippen molar-refractivity contribution < 1.29 is 56.2 Å². The van der Waals surface area contributed by atoms with Gasteiger partial charge in [-0.2, -0.15) is 8.42 Å². The van der Waals surface area contributed by atoms with E-state index in [0.29, 0.717) is 4.57 Å². The molecule has 0 bridgehead atoms. The first-order valence-corrected chi connectivity index (χ1v) is 18.7. The molecule has 0 unspecified atom stereocenters. The summed E-state index contributed by atoms with van der Waals surface area (Å²) in [5.74, 6) is -6.15. The average Bonchev–Trinajstić information content (AvgIpc) is 3.59. The van der Waals surface area contributed by atoms with Crippen molar-refractivity contribution in [3.63, 3.8) is 0 Å². The van der Waals surface area contributed by atoms with Gasteiger partial charge in [-0.3, -0.25) is 14.2 Å². The molecule has 3 rings (SSSR count). The number of aromatic nitrogens is 5. The summed E-state index contributed by atoms with van der Waals surface area (Å²) in [5, 5.41) is 41.1. The molecule has 3 heterocycles. The minimum absolute atomic E-state index is 0.0444. The number of nitrogens with two attached hydrogens (primary N) is 1. The molecule has 27 heteroatoms. The summed E-state index contributed by atoms with van der Waals surface area (Å²) in [6, 6.07) is -4.46. The van der Waals surface area contributed by atoms with Gasteiger partial charge >= 0.3 is 33.9 Å². The number of urea groups is 1. The van der Waals surface area contributed by atoms with Gasteiger partial charge in [0.1, 0.15) is 21.6 Å². The quantitative estimate of drug-likeness (QED) is 0.0537. The molecule has 0 radical (unpaired) electrons. The molecule has 9 N–H and O–H groups in total. The summed E-state index contributed by atoms with van der Waals surface area (Å²) < 4.78 is 51.5. The zero-order valence-corrected chi connectivity index (χ0v) is 29.8. The van der Waals surface area contributed by atoms with Crippen molar-refractivity contribution in [3.05, 3.63) is 44.0 Å². The van der Waals surface area contributed by atoms with E-state index in [0.717, 1.165) is 50.6 Å². The Morgan fingerprint density at radius 1 is 1.15 bits per heavy atom. The van der Waals surface area contributed by atoms with E-state index >= 15 is 0 Å². The van der Waals surface area contributed by atoms with Crippen molar-refractivity contribution in [2.45, 2.75) is 51.4 Å². The molecule has 2 atom stereocenters. The number of carboxylic acid groups (broad SMARTS) is 2. The Morgan fingerprint density at radius 3 is 2.35 bits per heavy atom. The van der Waals surface area contributed by atoms with Crippen LogP contribution < -0.4 is 32.2 Å². The number of nitrogen functional groups attached to an aromatic ring is 1. The molecule has 284 valence electrons. The molecule has 3 aromatic heterocycles. The number of carboxylic acids is 2. The van der Waals surface area contributed by atoms with Crippen LogP contribution in [0.5, 0.6) is 5.75 Å². The third-order valence-corrected chi connectivity index (χ3v) is 9.43. The number of aliphatic carboxylic acids is 2. The van der Waals surface area contributed by atoms with Gasteiger partial charge in [-0.25, -0.2) is 37.3 Å². The fourth-order valence-corrected chi connectivity index (χ4v) is 5.97. The maximum Gasteiger partial charge on any atom is 0.362 e. The van der Waals surface area contributed by atoms with E-state index in [1.165, 1.54) is 10.1 Å². The number of sulfone groups is 1. The van der Waals surface area contributed by atoms with E-state index in [4.69, 9.17) is 10.6 Å². The molecule has 0 spiro atoms. The highest BCUT2D eigenvalue weighted by Crippen LogP contribution is 2.16. The van der Waals surface area contributed by atoms with Gasteiger partial charge in [0.2, 0.25) is 11.0 Å². The second-order valence-electron chi connectivity index (χ2n) is 11.3. The van der Waals surface area contributed by atoms with Crippen LogP contribution in [0.1, 0.15) is 32.9 Å². The van der Waals surface area contributed by atoms with Gasteiger partial charge in [0.15, 0.2) is 22.4 Å². The summed E-state index contributed by atoms with van der Waals surface area (Å²) in [5.41, 5.74) is 0.0899. The zero-order valence-electron chi connectivity index (χ0n) is 27.4. The van der Waals surface area contributed by atoms with Crippen LogP contribution in [0, 0.1) is 0 Å². The largest absolute Gasteiger partial charge is 0.503 e. The number of oxime groups is 1. The number of pyridine rings is 1. The Bertz CT molecular complexity index is 2250. The molecule has 0 aliphatic heterocycles. The fraction of sp³-hybridized carbons (Fsp3) is 0.400.